The third kappa shape index (κ3) is 4.19. The summed E-state index contributed by atoms with van der Waals surface area (Å²) in [4.78, 5) is 34.7. The van der Waals surface area contributed by atoms with Gasteiger partial charge in [-0.2, -0.15) is 5.10 Å². The molecular weight excluding hydrogens is 312 g/mol. The van der Waals surface area contributed by atoms with Crippen molar-refractivity contribution in [2.75, 3.05) is 0 Å². The number of hydrogen-bond acceptors (Lipinski definition) is 5. The van der Waals surface area contributed by atoms with Gasteiger partial charge in [0.05, 0.1) is 0 Å². The van der Waals surface area contributed by atoms with Gasteiger partial charge in [-0.3, -0.25) is 25.2 Å². The highest BCUT2D eigenvalue weighted by atomic mass is 16.5. The first kappa shape index (κ1) is 17.2. The number of carbonyl (C=O) groups is 2. The van der Waals surface area contributed by atoms with E-state index in [-0.39, 0.29) is 5.69 Å². The molecule has 0 radical (unpaired) electrons. The maximum absolute atomic E-state index is 12.0. The lowest BCUT2D eigenvalue weighted by Gasteiger charge is -2.17. The second kappa shape index (κ2) is 7.40. The Morgan fingerprint density at radius 2 is 1.92 bits per heavy atom. The van der Waals surface area contributed by atoms with Gasteiger partial charge in [0.1, 0.15) is 5.75 Å². The summed E-state index contributed by atoms with van der Waals surface area (Å²) in [5.41, 5.74) is 6.00. The van der Waals surface area contributed by atoms with Crippen LogP contribution in [0.5, 0.6) is 5.75 Å². The van der Waals surface area contributed by atoms with Crippen molar-refractivity contribution in [2.45, 2.75) is 26.9 Å². The zero-order chi connectivity index (χ0) is 17.7. The number of H-pyrrole nitrogens is 1. The Bertz CT molecular complexity index is 795. The SMILES string of the molecule is Cc1cccc(O[C@@H](C)C(=O)NNC(=O)c2ccc(=O)[nH]n2)c1C. The first-order chi connectivity index (χ1) is 11.4. The van der Waals surface area contributed by atoms with Crippen LogP contribution < -0.4 is 21.1 Å². The third-order valence-electron chi connectivity index (χ3n) is 3.44. The molecule has 2 amide bonds. The molecule has 126 valence electrons. The Kier molecular flexibility index (Phi) is 5.31. The van der Waals surface area contributed by atoms with Crippen LogP contribution in [0, 0.1) is 13.8 Å². The van der Waals surface area contributed by atoms with Crippen molar-refractivity contribution >= 4 is 11.8 Å². The van der Waals surface area contributed by atoms with Crippen molar-refractivity contribution in [1.82, 2.24) is 21.0 Å². The minimum atomic E-state index is -0.811. The molecule has 8 nitrogen and oxygen atoms in total. The molecule has 2 rings (SSSR count). The third-order valence-corrected chi connectivity index (χ3v) is 3.44. The van der Waals surface area contributed by atoms with Crippen LogP contribution in [-0.2, 0) is 4.79 Å². The zero-order valence-electron chi connectivity index (χ0n) is 13.5. The lowest BCUT2D eigenvalue weighted by atomic mass is 10.1. The number of aryl methyl sites for hydroxylation is 1. The van der Waals surface area contributed by atoms with Gasteiger partial charge < -0.3 is 4.74 Å². The molecule has 0 spiro atoms. The molecular formula is C16H18N4O4. The first-order valence-electron chi connectivity index (χ1n) is 7.27. The molecule has 3 N–H and O–H groups in total. The van der Waals surface area contributed by atoms with Crippen molar-refractivity contribution in [2.24, 2.45) is 0 Å². The highest BCUT2D eigenvalue weighted by Gasteiger charge is 2.17. The van der Waals surface area contributed by atoms with Crippen LogP contribution in [0.4, 0.5) is 0 Å². The minimum absolute atomic E-state index is 0.0296. The Morgan fingerprint density at radius 1 is 1.17 bits per heavy atom. The molecule has 0 saturated heterocycles. The van der Waals surface area contributed by atoms with Crippen LogP contribution in [0.1, 0.15) is 28.5 Å². The summed E-state index contributed by atoms with van der Waals surface area (Å²) < 4.78 is 5.62. The number of nitrogens with zero attached hydrogens (tertiary/aromatic N) is 1. The largest absolute Gasteiger partial charge is 0.481 e. The van der Waals surface area contributed by atoms with Crippen molar-refractivity contribution in [3.8, 4) is 5.75 Å². The average molecular weight is 330 g/mol. The van der Waals surface area contributed by atoms with E-state index in [2.05, 4.69) is 21.0 Å². The molecule has 0 aliphatic rings. The second-order valence-electron chi connectivity index (χ2n) is 5.21. The number of hydrogen-bond donors (Lipinski definition) is 3. The van der Waals surface area contributed by atoms with Crippen molar-refractivity contribution in [3.05, 3.63) is 57.5 Å². The molecule has 8 heteroatoms. The highest BCUT2D eigenvalue weighted by Crippen LogP contribution is 2.21. The number of aromatic amines is 1. The second-order valence-corrected chi connectivity index (χ2v) is 5.21. The number of amides is 2. The predicted octanol–water partition coefficient (Wildman–Crippen LogP) is 0.615. The fraction of sp³-hybridized carbons (Fsp3) is 0.250. The van der Waals surface area contributed by atoms with Gasteiger partial charge in [-0.05, 0) is 44.0 Å². The van der Waals surface area contributed by atoms with Crippen molar-refractivity contribution < 1.29 is 14.3 Å². The van der Waals surface area contributed by atoms with E-state index >= 15 is 0 Å². The molecule has 1 atom stereocenters. The van der Waals surface area contributed by atoms with Gasteiger partial charge in [0.15, 0.2) is 11.8 Å². The van der Waals surface area contributed by atoms with E-state index in [1.807, 2.05) is 26.0 Å². The summed E-state index contributed by atoms with van der Waals surface area (Å²) in [5, 5.41) is 5.69. The standard InChI is InChI=1S/C16H18N4O4/c1-9-5-4-6-13(10(9)2)24-11(3)15(22)19-20-16(23)12-7-8-14(21)18-17-12/h4-8,11H,1-3H3,(H,18,21)(H,19,22)(H,20,23)/t11-/m0/s1. The fourth-order valence-electron chi connectivity index (χ4n) is 1.85. The molecule has 0 aliphatic carbocycles. The summed E-state index contributed by atoms with van der Waals surface area (Å²) in [6, 6.07) is 7.97. The monoisotopic (exact) mass is 330 g/mol. The number of benzene rings is 1. The molecule has 2 aromatic rings. The van der Waals surface area contributed by atoms with Gasteiger partial charge in [0.25, 0.3) is 17.4 Å². The molecule has 1 aromatic heterocycles. The van der Waals surface area contributed by atoms with Crippen LogP contribution >= 0.6 is 0 Å². The molecule has 0 unspecified atom stereocenters. The van der Waals surface area contributed by atoms with Crippen LogP contribution in [0.15, 0.2) is 35.1 Å². The number of aromatic nitrogens is 2. The van der Waals surface area contributed by atoms with Gasteiger partial charge in [0, 0.05) is 6.07 Å². The van der Waals surface area contributed by atoms with E-state index in [1.54, 1.807) is 13.0 Å². The van der Waals surface area contributed by atoms with Gasteiger partial charge in [-0.25, -0.2) is 5.10 Å². The van der Waals surface area contributed by atoms with Crippen molar-refractivity contribution in [1.29, 1.82) is 0 Å². The van der Waals surface area contributed by atoms with Crippen LogP contribution in [0.2, 0.25) is 0 Å². The lowest BCUT2D eigenvalue weighted by molar-refractivity contribution is -0.128. The summed E-state index contributed by atoms with van der Waals surface area (Å²) in [7, 11) is 0. The fourth-order valence-corrected chi connectivity index (χ4v) is 1.85. The Hall–Kier alpha value is -3.16. The molecule has 0 bridgehead atoms. The smallest absolute Gasteiger partial charge is 0.290 e. The topological polar surface area (TPSA) is 113 Å². The Balaban J connectivity index is 1.92. The van der Waals surface area contributed by atoms with Gasteiger partial charge in [-0.15, -0.1) is 0 Å². The normalized spacial score (nSPS) is 11.5. The van der Waals surface area contributed by atoms with E-state index < -0.39 is 23.5 Å². The summed E-state index contributed by atoms with van der Waals surface area (Å²) in [6.45, 7) is 5.42. The average Bonchev–Trinajstić information content (AvgIpc) is 2.57. The maximum Gasteiger partial charge on any atom is 0.290 e. The molecule has 24 heavy (non-hydrogen) atoms. The number of rotatable bonds is 4. The maximum atomic E-state index is 12.0. The highest BCUT2D eigenvalue weighted by molar-refractivity contribution is 5.93. The van der Waals surface area contributed by atoms with E-state index in [9.17, 15) is 14.4 Å². The van der Waals surface area contributed by atoms with Crippen LogP contribution in [0.25, 0.3) is 0 Å². The predicted molar refractivity (Wildman–Crippen MR) is 86.5 cm³/mol. The summed E-state index contributed by atoms with van der Waals surface area (Å²) in [6.07, 6.45) is -0.811. The van der Waals surface area contributed by atoms with Crippen LogP contribution in [-0.4, -0.2) is 28.1 Å². The Morgan fingerprint density at radius 3 is 2.58 bits per heavy atom. The first-order valence-corrected chi connectivity index (χ1v) is 7.27. The van der Waals surface area contributed by atoms with E-state index in [4.69, 9.17) is 4.74 Å². The lowest BCUT2D eigenvalue weighted by Crippen LogP contribution is -2.47. The number of nitrogens with one attached hydrogen (secondary N) is 3. The van der Waals surface area contributed by atoms with Gasteiger partial charge in [-0.1, -0.05) is 12.1 Å². The summed E-state index contributed by atoms with van der Waals surface area (Å²) in [5.74, 6) is -0.571. The molecule has 1 aromatic carbocycles. The molecule has 0 fully saturated rings. The summed E-state index contributed by atoms with van der Waals surface area (Å²) >= 11 is 0. The number of hydrazine groups is 1. The van der Waals surface area contributed by atoms with E-state index in [0.717, 1.165) is 17.2 Å². The van der Waals surface area contributed by atoms with Gasteiger partial charge >= 0.3 is 0 Å². The van der Waals surface area contributed by atoms with Crippen LogP contribution in [0.3, 0.4) is 0 Å². The molecule has 0 saturated carbocycles. The van der Waals surface area contributed by atoms with Crippen molar-refractivity contribution in [3.63, 3.8) is 0 Å². The van der Waals surface area contributed by atoms with E-state index in [0.29, 0.717) is 5.75 Å². The minimum Gasteiger partial charge on any atom is -0.481 e. The van der Waals surface area contributed by atoms with E-state index in [1.165, 1.54) is 6.07 Å². The number of ether oxygens (including phenoxy) is 1. The molecule has 0 aliphatic heterocycles. The van der Waals surface area contributed by atoms with Gasteiger partial charge in [0.2, 0.25) is 0 Å². The quantitative estimate of drug-likeness (QED) is 0.711. The number of carbonyl (C=O) groups excluding carboxylic acids is 2. The Labute approximate surface area is 138 Å². The zero-order valence-corrected chi connectivity index (χ0v) is 13.5. The molecule has 1 heterocycles.